The number of guanidine groups is 1. The van der Waals surface area contributed by atoms with Crippen LogP contribution in [0, 0.1) is 0 Å². The first kappa shape index (κ1) is 15.7. The minimum Gasteiger partial charge on any atom is -0.370 e. The molecule has 0 saturated carbocycles. The molecule has 0 aliphatic carbocycles. The molecule has 0 heterocycles. The van der Waals surface area contributed by atoms with E-state index in [4.69, 9.17) is 5.73 Å². The Balaban J connectivity index is 3.89. The first-order chi connectivity index (χ1) is 7.74. The zero-order valence-corrected chi connectivity index (χ0v) is 11.6. The summed E-state index contributed by atoms with van der Waals surface area (Å²) in [5.74, 6) is 0.403. The van der Waals surface area contributed by atoms with E-state index >= 15 is 0 Å². The van der Waals surface area contributed by atoms with E-state index in [-0.39, 0.29) is 17.5 Å². The third-order valence-electron chi connectivity index (χ3n) is 2.14. The van der Waals surface area contributed by atoms with Crippen LogP contribution in [0.1, 0.15) is 47.5 Å². The van der Waals surface area contributed by atoms with Gasteiger partial charge in [0.25, 0.3) is 0 Å². The topological polar surface area (TPSA) is 79.5 Å². The van der Waals surface area contributed by atoms with E-state index in [9.17, 15) is 4.79 Å². The molecular weight excluding hydrogens is 216 g/mol. The molecule has 0 radical (unpaired) electrons. The van der Waals surface area contributed by atoms with Gasteiger partial charge in [-0.15, -0.1) is 0 Å². The number of carbonyl (C=O) groups excluding carboxylic acids is 1. The fourth-order valence-electron chi connectivity index (χ4n) is 1.15. The fourth-order valence-corrected chi connectivity index (χ4v) is 1.15. The summed E-state index contributed by atoms with van der Waals surface area (Å²) in [7, 11) is 0. The van der Waals surface area contributed by atoms with Crippen LogP contribution < -0.4 is 16.4 Å². The van der Waals surface area contributed by atoms with Gasteiger partial charge in [0.05, 0.1) is 6.54 Å². The largest absolute Gasteiger partial charge is 0.370 e. The molecule has 0 aliphatic rings. The number of hydrogen-bond acceptors (Lipinski definition) is 2. The van der Waals surface area contributed by atoms with Crippen LogP contribution in [0.4, 0.5) is 0 Å². The molecule has 1 amide bonds. The molecule has 0 aromatic rings. The van der Waals surface area contributed by atoms with E-state index in [1.807, 2.05) is 34.6 Å². The number of rotatable bonds is 5. The van der Waals surface area contributed by atoms with Gasteiger partial charge >= 0.3 is 0 Å². The minimum absolute atomic E-state index is 0.0201. The monoisotopic (exact) mass is 242 g/mol. The number of hydrogen-bond donors (Lipinski definition) is 3. The molecule has 0 saturated heterocycles. The van der Waals surface area contributed by atoms with Crippen molar-refractivity contribution >= 4 is 11.9 Å². The number of amides is 1. The average Bonchev–Trinajstić information content (AvgIpc) is 2.14. The van der Waals surface area contributed by atoms with Crippen molar-refractivity contribution in [2.45, 2.75) is 59.0 Å². The molecular formula is C12H26N4O. The Kier molecular flexibility index (Phi) is 6.61. The molecule has 0 aliphatic heterocycles. The van der Waals surface area contributed by atoms with Gasteiger partial charge < -0.3 is 16.4 Å². The van der Waals surface area contributed by atoms with Crippen molar-refractivity contribution < 1.29 is 4.79 Å². The first-order valence-corrected chi connectivity index (χ1v) is 6.12. The van der Waals surface area contributed by atoms with Crippen molar-refractivity contribution in [2.24, 2.45) is 10.7 Å². The maximum Gasteiger partial charge on any atom is 0.222 e. The minimum atomic E-state index is -0.105. The number of nitrogens with two attached hydrogens (primary N) is 1. The summed E-state index contributed by atoms with van der Waals surface area (Å²) in [5, 5.41) is 5.92. The highest BCUT2D eigenvalue weighted by Gasteiger charge is 2.10. The Morgan fingerprint density at radius 3 is 2.47 bits per heavy atom. The molecule has 1 unspecified atom stereocenters. The lowest BCUT2D eigenvalue weighted by atomic mass is 10.1. The molecule has 0 fully saturated rings. The Labute approximate surface area is 104 Å². The summed E-state index contributed by atoms with van der Waals surface area (Å²) in [6.45, 7) is 10.4. The number of nitrogens with one attached hydrogen (secondary N) is 2. The van der Waals surface area contributed by atoms with Crippen molar-refractivity contribution in [1.29, 1.82) is 0 Å². The summed E-state index contributed by atoms with van der Waals surface area (Å²) >= 11 is 0. The second-order valence-electron chi connectivity index (χ2n) is 5.27. The first-order valence-electron chi connectivity index (χ1n) is 6.12. The van der Waals surface area contributed by atoms with E-state index in [1.54, 1.807) is 0 Å². The standard InChI is InChI=1S/C12H26N4O/c1-6-9(2)15-10(17)7-8-14-11(13)16-12(3,4)5/h9H,6-8H2,1-5H3,(H,15,17)(H3,13,14,16). The van der Waals surface area contributed by atoms with Gasteiger partial charge in [0, 0.05) is 18.0 Å². The average molecular weight is 242 g/mol. The summed E-state index contributed by atoms with van der Waals surface area (Å²) in [6, 6.07) is 0.219. The lowest BCUT2D eigenvalue weighted by Gasteiger charge is -2.20. The van der Waals surface area contributed by atoms with Crippen LogP contribution in [-0.2, 0) is 4.79 Å². The second kappa shape index (κ2) is 7.14. The van der Waals surface area contributed by atoms with Gasteiger partial charge in [-0.3, -0.25) is 9.79 Å². The van der Waals surface area contributed by atoms with Crippen LogP contribution in [0.2, 0.25) is 0 Å². The van der Waals surface area contributed by atoms with Gasteiger partial charge in [0.15, 0.2) is 5.96 Å². The SMILES string of the molecule is CCC(C)NC(=O)CCN=C(N)NC(C)(C)C. The fraction of sp³-hybridized carbons (Fsp3) is 0.833. The van der Waals surface area contributed by atoms with Crippen LogP contribution in [0.15, 0.2) is 4.99 Å². The Morgan fingerprint density at radius 1 is 1.41 bits per heavy atom. The third-order valence-corrected chi connectivity index (χ3v) is 2.14. The maximum atomic E-state index is 11.4. The molecule has 5 nitrogen and oxygen atoms in total. The third kappa shape index (κ3) is 9.66. The summed E-state index contributed by atoms with van der Waals surface area (Å²) in [5.41, 5.74) is 5.58. The van der Waals surface area contributed by atoms with E-state index in [2.05, 4.69) is 15.6 Å². The van der Waals surface area contributed by atoms with Gasteiger partial charge in [-0.05, 0) is 34.1 Å². The predicted molar refractivity (Wildman–Crippen MR) is 71.9 cm³/mol. The van der Waals surface area contributed by atoms with Crippen LogP contribution in [0.25, 0.3) is 0 Å². The molecule has 17 heavy (non-hydrogen) atoms. The van der Waals surface area contributed by atoms with Gasteiger partial charge in [0.1, 0.15) is 0 Å². The smallest absolute Gasteiger partial charge is 0.222 e. The summed E-state index contributed by atoms with van der Waals surface area (Å²) in [6.07, 6.45) is 1.31. The normalized spacial score (nSPS) is 14.3. The molecule has 0 spiro atoms. The molecule has 5 heteroatoms. The second-order valence-corrected chi connectivity index (χ2v) is 5.27. The zero-order chi connectivity index (χ0) is 13.5. The van der Waals surface area contributed by atoms with Crippen molar-refractivity contribution in [3.63, 3.8) is 0 Å². The van der Waals surface area contributed by atoms with Gasteiger partial charge in [0.2, 0.25) is 5.91 Å². The summed E-state index contributed by atoms with van der Waals surface area (Å²) < 4.78 is 0. The van der Waals surface area contributed by atoms with Crippen molar-refractivity contribution in [3.05, 3.63) is 0 Å². The highest BCUT2D eigenvalue weighted by molar-refractivity contribution is 5.80. The summed E-state index contributed by atoms with van der Waals surface area (Å²) in [4.78, 5) is 15.5. The number of nitrogens with zero attached hydrogens (tertiary/aromatic N) is 1. The van der Waals surface area contributed by atoms with Gasteiger partial charge in [-0.1, -0.05) is 6.92 Å². The van der Waals surface area contributed by atoms with Crippen LogP contribution in [0.5, 0.6) is 0 Å². The highest BCUT2D eigenvalue weighted by atomic mass is 16.1. The van der Waals surface area contributed by atoms with Gasteiger partial charge in [-0.25, -0.2) is 0 Å². The lowest BCUT2D eigenvalue weighted by Crippen LogP contribution is -2.45. The number of carbonyl (C=O) groups is 1. The highest BCUT2D eigenvalue weighted by Crippen LogP contribution is 1.97. The quantitative estimate of drug-likeness (QED) is 0.497. The lowest BCUT2D eigenvalue weighted by molar-refractivity contribution is -0.121. The molecule has 0 rings (SSSR count). The molecule has 100 valence electrons. The van der Waals surface area contributed by atoms with Crippen LogP contribution in [0.3, 0.4) is 0 Å². The van der Waals surface area contributed by atoms with Crippen molar-refractivity contribution in [3.8, 4) is 0 Å². The molecule has 4 N–H and O–H groups in total. The predicted octanol–water partition coefficient (Wildman–Crippen LogP) is 0.994. The van der Waals surface area contributed by atoms with E-state index in [0.717, 1.165) is 6.42 Å². The molecule has 1 atom stereocenters. The van der Waals surface area contributed by atoms with Crippen LogP contribution in [-0.4, -0.2) is 30.0 Å². The van der Waals surface area contributed by atoms with E-state index < -0.39 is 0 Å². The van der Waals surface area contributed by atoms with Crippen molar-refractivity contribution in [2.75, 3.05) is 6.54 Å². The molecule has 0 aromatic heterocycles. The van der Waals surface area contributed by atoms with Crippen molar-refractivity contribution in [1.82, 2.24) is 10.6 Å². The van der Waals surface area contributed by atoms with E-state index in [0.29, 0.717) is 18.9 Å². The number of aliphatic imine (C=N–C) groups is 1. The molecule has 0 aromatic carbocycles. The van der Waals surface area contributed by atoms with E-state index in [1.165, 1.54) is 0 Å². The Bertz CT molecular complexity index is 268. The zero-order valence-electron chi connectivity index (χ0n) is 11.6. The van der Waals surface area contributed by atoms with Crippen LogP contribution >= 0.6 is 0 Å². The molecule has 0 bridgehead atoms. The Hall–Kier alpha value is -1.26. The Morgan fingerprint density at radius 2 is 2.00 bits per heavy atom. The van der Waals surface area contributed by atoms with Gasteiger partial charge in [-0.2, -0.15) is 0 Å². The maximum absolute atomic E-state index is 11.4.